The van der Waals surface area contributed by atoms with Crippen LogP contribution in [0, 0.1) is 0 Å². The van der Waals surface area contributed by atoms with E-state index in [1.54, 1.807) is 12.4 Å². The van der Waals surface area contributed by atoms with Gasteiger partial charge in [-0.1, -0.05) is 30.3 Å². The lowest BCUT2D eigenvalue weighted by molar-refractivity contribution is 0.0954. The number of hydrogen-bond donors (Lipinski definition) is 1. The van der Waals surface area contributed by atoms with Gasteiger partial charge in [0.05, 0.1) is 5.56 Å². The van der Waals surface area contributed by atoms with Crippen molar-refractivity contribution in [2.45, 2.75) is 6.42 Å². The Labute approximate surface area is 122 Å². The monoisotopic (exact) mass is 277 g/mol. The standard InChI is InChI=1S/C17H15N3O/c21-17(19-10-8-13-5-2-1-3-6-13)15-11-14-7-4-9-18-16(14)20-12-15/h1-7,9,11-12H,8,10H2,(H,19,21). The molecule has 4 heteroatoms. The largest absolute Gasteiger partial charge is 0.352 e. The van der Waals surface area contributed by atoms with Crippen LogP contribution in [0.4, 0.5) is 0 Å². The summed E-state index contributed by atoms with van der Waals surface area (Å²) in [5.41, 5.74) is 2.42. The molecule has 0 saturated carbocycles. The predicted molar refractivity (Wildman–Crippen MR) is 82.0 cm³/mol. The number of hydrogen-bond acceptors (Lipinski definition) is 3. The summed E-state index contributed by atoms with van der Waals surface area (Å²) in [4.78, 5) is 20.4. The van der Waals surface area contributed by atoms with Crippen LogP contribution < -0.4 is 5.32 Å². The third-order valence-corrected chi connectivity index (χ3v) is 3.26. The Hall–Kier alpha value is -2.75. The van der Waals surface area contributed by atoms with Crippen LogP contribution in [0.1, 0.15) is 15.9 Å². The summed E-state index contributed by atoms with van der Waals surface area (Å²) in [6.07, 6.45) is 4.07. The van der Waals surface area contributed by atoms with E-state index in [0.717, 1.165) is 11.8 Å². The highest BCUT2D eigenvalue weighted by molar-refractivity contribution is 5.96. The van der Waals surface area contributed by atoms with Crippen LogP contribution in [0.3, 0.4) is 0 Å². The van der Waals surface area contributed by atoms with Gasteiger partial charge in [0.1, 0.15) is 0 Å². The molecule has 0 radical (unpaired) electrons. The van der Waals surface area contributed by atoms with Crippen LogP contribution in [0.25, 0.3) is 11.0 Å². The molecule has 3 aromatic rings. The second-order valence-electron chi connectivity index (χ2n) is 4.77. The van der Waals surface area contributed by atoms with E-state index in [2.05, 4.69) is 27.4 Å². The topological polar surface area (TPSA) is 54.9 Å². The van der Waals surface area contributed by atoms with Gasteiger partial charge in [0, 0.05) is 24.3 Å². The molecular formula is C17H15N3O. The third-order valence-electron chi connectivity index (χ3n) is 3.26. The lowest BCUT2D eigenvalue weighted by atomic mass is 10.1. The number of benzene rings is 1. The van der Waals surface area contributed by atoms with E-state index < -0.39 is 0 Å². The summed E-state index contributed by atoms with van der Waals surface area (Å²) in [7, 11) is 0. The summed E-state index contributed by atoms with van der Waals surface area (Å²) in [5.74, 6) is -0.107. The van der Waals surface area contributed by atoms with Crippen molar-refractivity contribution in [3.05, 3.63) is 72.1 Å². The van der Waals surface area contributed by atoms with Crippen molar-refractivity contribution in [1.82, 2.24) is 15.3 Å². The van der Waals surface area contributed by atoms with Crippen LogP contribution in [-0.2, 0) is 6.42 Å². The molecule has 0 aliphatic carbocycles. The van der Waals surface area contributed by atoms with Gasteiger partial charge in [0.15, 0.2) is 5.65 Å². The fraction of sp³-hybridized carbons (Fsp3) is 0.118. The summed E-state index contributed by atoms with van der Waals surface area (Å²) in [6, 6.07) is 15.6. The van der Waals surface area contributed by atoms with Gasteiger partial charge in [-0.3, -0.25) is 4.79 Å². The Morgan fingerprint density at radius 2 is 1.90 bits per heavy atom. The van der Waals surface area contributed by atoms with Crippen molar-refractivity contribution in [2.75, 3.05) is 6.54 Å². The molecule has 0 unspecified atom stereocenters. The van der Waals surface area contributed by atoms with E-state index in [-0.39, 0.29) is 5.91 Å². The van der Waals surface area contributed by atoms with E-state index in [9.17, 15) is 4.79 Å². The fourth-order valence-corrected chi connectivity index (χ4v) is 2.16. The lowest BCUT2D eigenvalue weighted by Crippen LogP contribution is -2.25. The number of fused-ring (bicyclic) bond motifs is 1. The number of carbonyl (C=O) groups is 1. The van der Waals surface area contributed by atoms with Crippen LogP contribution in [-0.4, -0.2) is 22.4 Å². The minimum Gasteiger partial charge on any atom is -0.352 e. The molecule has 21 heavy (non-hydrogen) atoms. The summed E-state index contributed by atoms with van der Waals surface area (Å²) in [6.45, 7) is 0.605. The van der Waals surface area contributed by atoms with Gasteiger partial charge in [-0.15, -0.1) is 0 Å². The minimum atomic E-state index is -0.107. The molecular weight excluding hydrogens is 262 g/mol. The van der Waals surface area contributed by atoms with Gasteiger partial charge in [-0.2, -0.15) is 0 Å². The average Bonchev–Trinajstić information content (AvgIpc) is 2.55. The van der Waals surface area contributed by atoms with Crippen LogP contribution in [0.2, 0.25) is 0 Å². The van der Waals surface area contributed by atoms with Crippen molar-refractivity contribution < 1.29 is 4.79 Å². The van der Waals surface area contributed by atoms with E-state index in [4.69, 9.17) is 0 Å². The highest BCUT2D eigenvalue weighted by Crippen LogP contribution is 2.10. The molecule has 2 heterocycles. The second kappa shape index (κ2) is 6.13. The molecule has 0 bridgehead atoms. The van der Waals surface area contributed by atoms with Gasteiger partial charge in [-0.25, -0.2) is 9.97 Å². The van der Waals surface area contributed by atoms with E-state index >= 15 is 0 Å². The van der Waals surface area contributed by atoms with Gasteiger partial charge in [0.25, 0.3) is 5.91 Å². The molecule has 0 saturated heterocycles. The van der Waals surface area contributed by atoms with Gasteiger partial charge >= 0.3 is 0 Å². The molecule has 0 aliphatic rings. The van der Waals surface area contributed by atoms with Crippen molar-refractivity contribution in [1.29, 1.82) is 0 Å². The highest BCUT2D eigenvalue weighted by atomic mass is 16.1. The Bertz CT molecular complexity index is 756. The Morgan fingerprint density at radius 1 is 1.05 bits per heavy atom. The third kappa shape index (κ3) is 3.23. The molecule has 1 aromatic carbocycles. The first-order valence-corrected chi connectivity index (χ1v) is 6.86. The summed E-state index contributed by atoms with van der Waals surface area (Å²) < 4.78 is 0. The van der Waals surface area contributed by atoms with Crippen LogP contribution in [0.15, 0.2) is 60.9 Å². The number of nitrogens with zero attached hydrogens (tertiary/aromatic N) is 2. The Balaban J connectivity index is 1.64. The lowest BCUT2D eigenvalue weighted by Gasteiger charge is -2.06. The van der Waals surface area contributed by atoms with Gasteiger partial charge < -0.3 is 5.32 Å². The molecule has 2 aromatic heterocycles. The predicted octanol–water partition coefficient (Wildman–Crippen LogP) is 2.60. The first-order valence-electron chi connectivity index (χ1n) is 6.86. The molecule has 0 fully saturated rings. The Kier molecular flexibility index (Phi) is 3.87. The van der Waals surface area contributed by atoms with Crippen molar-refractivity contribution in [3.63, 3.8) is 0 Å². The first kappa shape index (κ1) is 13.2. The minimum absolute atomic E-state index is 0.107. The SMILES string of the molecule is O=C(NCCc1ccccc1)c1cnc2ncccc2c1. The number of amides is 1. The number of aromatic nitrogens is 2. The first-order chi connectivity index (χ1) is 10.3. The average molecular weight is 277 g/mol. The zero-order valence-electron chi connectivity index (χ0n) is 11.5. The van der Waals surface area contributed by atoms with Crippen molar-refractivity contribution in [2.24, 2.45) is 0 Å². The van der Waals surface area contributed by atoms with Crippen LogP contribution >= 0.6 is 0 Å². The number of carbonyl (C=O) groups excluding carboxylic acids is 1. The molecule has 1 N–H and O–H groups in total. The highest BCUT2D eigenvalue weighted by Gasteiger charge is 2.07. The smallest absolute Gasteiger partial charge is 0.252 e. The number of nitrogens with one attached hydrogen (secondary N) is 1. The quantitative estimate of drug-likeness (QED) is 0.797. The maximum Gasteiger partial charge on any atom is 0.252 e. The maximum atomic E-state index is 12.1. The zero-order valence-corrected chi connectivity index (χ0v) is 11.5. The number of pyridine rings is 2. The van der Waals surface area contributed by atoms with E-state index in [1.165, 1.54) is 5.56 Å². The molecule has 104 valence electrons. The van der Waals surface area contributed by atoms with Gasteiger partial charge in [0.2, 0.25) is 0 Å². The molecule has 0 spiro atoms. The van der Waals surface area contributed by atoms with E-state index in [0.29, 0.717) is 17.8 Å². The second-order valence-corrected chi connectivity index (χ2v) is 4.77. The molecule has 4 nitrogen and oxygen atoms in total. The van der Waals surface area contributed by atoms with Crippen molar-refractivity contribution >= 4 is 16.9 Å². The van der Waals surface area contributed by atoms with E-state index in [1.807, 2.05) is 36.4 Å². The fourth-order valence-electron chi connectivity index (χ4n) is 2.16. The maximum absolute atomic E-state index is 12.1. The molecule has 3 rings (SSSR count). The summed E-state index contributed by atoms with van der Waals surface area (Å²) >= 11 is 0. The number of rotatable bonds is 4. The van der Waals surface area contributed by atoms with Gasteiger partial charge in [-0.05, 0) is 30.2 Å². The summed E-state index contributed by atoms with van der Waals surface area (Å²) in [5, 5.41) is 3.78. The Morgan fingerprint density at radius 3 is 2.76 bits per heavy atom. The van der Waals surface area contributed by atoms with Crippen molar-refractivity contribution in [3.8, 4) is 0 Å². The molecule has 1 amide bonds. The molecule has 0 atom stereocenters. The van der Waals surface area contributed by atoms with Crippen LogP contribution in [0.5, 0.6) is 0 Å². The zero-order chi connectivity index (χ0) is 14.5. The normalized spacial score (nSPS) is 10.5. The molecule has 0 aliphatic heterocycles.